The van der Waals surface area contributed by atoms with Crippen LogP contribution in [0, 0.1) is 11.6 Å². The number of benzene rings is 2. The van der Waals surface area contributed by atoms with E-state index in [1.54, 1.807) is 0 Å². The first kappa shape index (κ1) is 15.7. The number of nitrogen functional groups attached to an aromatic ring is 1. The van der Waals surface area contributed by atoms with Crippen LogP contribution in [0.5, 0.6) is 11.5 Å². The van der Waals surface area contributed by atoms with E-state index in [0.29, 0.717) is 0 Å². The molecule has 5 nitrogen and oxygen atoms in total. The second-order valence-corrected chi connectivity index (χ2v) is 6.52. The number of nitrogens with two attached hydrogens (primary N) is 2. The van der Waals surface area contributed by atoms with Gasteiger partial charge in [-0.2, -0.15) is 4.39 Å². The molecule has 2 aromatic rings. The summed E-state index contributed by atoms with van der Waals surface area (Å²) in [5, 5.41) is 4.98. The standard InChI is InChI=1S/C12H9BrF2N2O3S/c13-6-3-8(14)12(15)11(4-6)20-10-5-7(21(17,18)19)1-2-9(10)16/h1-5H,16H2,(H2,17,18,19). The van der Waals surface area contributed by atoms with E-state index in [-0.39, 0.29) is 20.8 Å². The zero-order chi connectivity index (χ0) is 15.8. The zero-order valence-electron chi connectivity index (χ0n) is 10.3. The van der Waals surface area contributed by atoms with Crippen LogP contribution in [-0.4, -0.2) is 8.42 Å². The highest BCUT2D eigenvalue weighted by Crippen LogP contribution is 2.33. The van der Waals surface area contributed by atoms with Gasteiger partial charge in [0.15, 0.2) is 17.3 Å². The summed E-state index contributed by atoms with van der Waals surface area (Å²) in [5.41, 5.74) is 5.66. The summed E-state index contributed by atoms with van der Waals surface area (Å²) >= 11 is 2.99. The Labute approximate surface area is 127 Å². The van der Waals surface area contributed by atoms with Gasteiger partial charge in [-0.25, -0.2) is 17.9 Å². The molecular formula is C12H9BrF2N2O3S. The fourth-order valence-electron chi connectivity index (χ4n) is 1.51. The molecule has 4 N–H and O–H groups in total. The summed E-state index contributed by atoms with van der Waals surface area (Å²) in [6, 6.07) is 5.55. The fourth-order valence-corrected chi connectivity index (χ4v) is 2.44. The molecule has 0 saturated heterocycles. The Morgan fingerprint density at radius 1 is 1.10 bits per heavy atom. The van der Waals surface area contributed by atoms with Gasteiger partial charge >= 0.3 is 0 Å². The van der Waals surface area contributed by atoms with E-state index in [0.717, 1.165) is 12.1 Å². The number of hydrogen-bond donors (Lipinski definition) is 2. The summed E-state index contributed by atoms with van der Waals surface area (Å²) < 4.78 is 54.8. The molecule has 0 saturated carbocycles. The van der Waals surface area contributed by atoms with Crippen molar-refractivity contribution in [2.45, 2.75) is 4.90 Å². The van der Waals surface area contributed by atoms with Crippen LogP contribution in [0.3, 0.4) is 0 Å². The number of hydrogen-bond acceptors (Lipinski definition) is 4. The fraction of sp³-hybridized carbons (Fsp3) is 0. The van der Waals surface area contributed by atoms with Gasteiger partial charge < -0.3 is 10.5 Å². The third kappa shape index (κ3) is 3.49. The highest BCUT2D eigenvalue weighted by molar-refractivity contribution is 9.10. The maximum absolute atomic E-state index is 13.6. The lowest BCUT2D eigenvalue weighted by Crippen LogP contribution is -2.12. The minimum atomic E-state index is -3.97. The van der Waals surface area contributed by atoms with Crippen molar-refractivity contribution in [2.24, 2.45) is 5.14 Å². The molecule has 112 valence electrons. The third-order valence-electron chi connectivity index (χ3n) is 2.49. The van der Waals surface area contributed by atoms with Gasteiger partial charge in [0.2, 0.25) is 15.8 Å². The molecule has 0 atom stereocenters. The highest BCUT2D eigenvalue weighted by atomic mass is 79.9. The number of primary sulfonamides is 1. The number of rotatable bonds is 3. The van der Waals surface area contributed by atoms with Crippen molar-refractivity contribution in [1.82, 2.24) is 0 Å². The molecule has 0 fully saturated rings. The predicted molar refractivity (Wildman–Crippen MR) is 76.4 cm³/mol. The first-order valence-corrected chi connectivity index (χ1v) is 7.77. The number of sulfonamides is 1. The van der Waals surface area contributed by atoms with Crippen LogP contribution in [0.4, 0.5) is 14.5 Å². The van der Waals surface area contributed by atoms with E-state index in [1.165, 1.54) is 18.2 Å². The van der Waals surface area contributed by atoms with Crippen molar-refractivity contribution < 1.29 is 21.9 Å². The largest absolute Gasteiger partial charge is 0.452 e. The van der Waals surface area contributed by atoms with E-state index in [2.05, 4.69) is 15.9 Å². The topological polar surface area (TPSA) is 95.4 Å². The van der Waals surface area contributed by atoms with Crippen LogP contribution in [0.1, 0.15) is 0 Å². The Kier molecular flexibility index (Phi) is 4.17. The number of anilines is 1. The molecule has 2 aromatic carbocycles. The molecule has 0 radical (unpaired) electrons. The molecule has 0 spiro atoms. The third-order valence-corrected chi connectivity index (χ3v) is 3.86. The molecule has 0 aliphatic heterocycles. The molecule has 0 aliphatic rings. The predicted octanol–water partition coefficient (Wildman–Crippen LogP) is 2.75. The van der Waals surface area contributed by atoms with Crippen LogP contribution >= 0.6 is 15.9 Å². The summed E-state index contributed by atoms with van der Waals surface area (Å²) in [5.74, 6) is -2.95. The van der Waals surface area contributed by atoms with Crippen molar-refractivity contribution in [3.8, 4) is 11.5 Å². The Hall–Kier alpha value is -1.71. The van der Waals surface area contributed by atoms with Crippen LogP contribution in [0.2, 0.25) is 0 Å². The van der Waals surface area contributed by atoms with Crippen molar-refractivity contribution in [1.29, 1.82) is 0 Å². The molecular weight excluding hydrogens is 370 g/mol. The highest BCUT2D eigenvalue weighted by Gasteiger charge is 2.16. The van der Waals surface area contributed by atoms with Gasteiger partial charge in [0, 0.05) is 10.5 Å². The second kappa shape index (κ2) is 5.58. The minimum absolute atomic E-state index is 0.0437. The molecule has 9 heteroatoms. The van der Waals surface area contributed by atoms with Crippen LogP contribution in [-0.2, 0) is 10.0 Å². The first-order valence-electron chi connectivity index (χ1n) is 5.43. The van der Waals surface area contributed by atoms with Crippen molar-refractivity contribution >= 4 is 31.6 Å². The maximum Gasteiger partial charge on any atom is 0.238 e. The molecule has 0 aromatic heterocycles. The maximum atomic E-state index is 13.6. The molecule has 0 unspecified atom stereocenters. The monoisotopic (exact) mass is 378 g/mol. The van der Waals surface area contributed by atoms with Gasteiger partial charge in [0.25, 0.3) is 0 Å². The van der Waals surface area contributed by atoms with E-state index < -0.39 is 27.4 Å². The van der Waals surface area contributed by atoms with Gasteiger partial charge in [0.1, 0.15) is 0 Å². The zero-order valence-corrected chi connectivity index (χ0v) is 12.7. The van der Waals surface area contributed by atoms with E-state index >= 15 is 0 Å². The Balaban J connectivity index is 2.49. The van der Waals surface area contributed by atoms with E-state index in [4.69, 9.17) is 15.6 Å². The van der Waals surface area contributed by atoms with Crippen LogP contribution in [0.25, 0.3) is 0 Å². The van der Waals surface area contributed by atoms with E-state index in [9.17, 15) is 17.2 Å². The van der Waals surface area contributed by atoms with Crippen molar-refractivity contribution in [3.63, 3.8) is 0 Å². The van der Waals surface area contributed by atoms with Gasteiger partial charge in [-0.1, -0.05) is 15.9 Å². The van der Waals surface area contributed by atoms with Gasteiger partial charge in [-0.15, -0.1) is 0 Å². The Bertz CT molecular complexity index is 812. The van der Waals surface area contributed by atoms with Gasteiger partial charge in [0.05, 0.1) is 10.6 Å². The smallest absolute Gasteiger partial charge is 0.238 e. The molecule has 21 heavy (non-hydrogen) atoms. The van der Waals surface area contributed by atoms with Crippen molar-refractivity contribution in [2.75, 3.05) is 5.73 Å². The molecule has 0 bridgehead atoms. The van der Waals surface area contributed by atoms with Gasteiger partial charge in [-0.3, -0.25) is 0 Å². The van der Waals surface area contributed by atoms with Gasteiger partial charge in [-0.05, 0) is 24.3 Å². The quantitative estimate of drug-likeness (QED) is 0.633. The van der Waals surface area contributed by atoms with Crippen LogP contribution in [0.15, 0.2) is 39.7 Å². The van der Waals surface area contributed by atoms with Crippen LogP contribution < -0.4 is 15.6 Å². The lowest BCUT2D eigenvalue weighted by molar-refractivity contribution is 0.416. The Morgan fingerprint density at radius 3 is 2.38 bits per heavy atom. The molecule has 2 rings (SSSR count). The molecule has 0 aliphatic carbocycles. The summed E-state index contributed by atoms with van der Waals surface area (Å²) in [4.78, 5) is -0.262. The summed E-state index contributed by atoms with van der Waals surface area (Å²) in [7, 11) is -3.97. The first-order chi connectivity index (χ1) is 9.68. The second-order valence-electron chi connectivity index (χ2n) is 4.05. The van der Waals surface area contributed by atoms with Crippen molar-refractivity contribution in [3.05, 3.63) is 46.4 Å². The minimum Gasteiger partial charge on any atom is -0.452 e. The lowest BCUT2D eigenvalue weighted by atomic mass is 10.3. The number of halogens is 3. The normalized spacial score (nSPS) is 11.4. The molecule has 0 amide bonds. The average Bonchev–Trinajstić information content (AvgIpc) is 2.36. The lowest BCUT2D eigenvalue weighted by Gasteiger charge is -2.11. The van der Waals surface area contributed by atoms with E-state index in [1.807, 2.05) is 0 Å². The summed E-state index contributed by atoms with van der Waals surface area (Å²) in [6.07, 6.45) is 0. The Morgan fingerprint density at radius 2 is 1.76 bits per heavy atom. The SMILES string of the molecule is Nc1ccc(S(N)(=O)=O)cc1Oc1cc(Br)cc(F)c1F. The number of ether oxygens (including phenoxy) is 1. The molecule has 0 heterocycles. The summed E-state index contributed by atoms with van der Waals surface area (Å²) in [6.45, 7) is 0. The average molecular weight is 379 g/mol.